The highest BCUT2D eigenvalue weighted by Crippen LogP contribution is 2.35. The number of hydrogen-bond donors (Lipinski definition) is 0. The van der Waals surface area contributed by atoms with Crippen LogP contribution < -0.4 is 29.3 Å². The predicted octanol–water partition coefficient (Wildman–Crippen LogP) is 2.25. The second-order valence-corrected chi connectivity index (χ2v) is 9.53. The van der Waals surface area contributed by atoms with E-state index in [1.807, 2.05) is 32.0 Å². The van der Waals surface area contributed by atoms with Crippen LogP contribution in [0.5, 0.6) is 11.5 Å². The van der Waals surface area contributed by atoms with Crippen molar-refractivity contribution in [1.82, 2.24) is 4.57 Å². The highest BCUT2D eigenvalue weighted by molar-refractivity contribution is 7.07. The molecule has 1 fully saturated rings. The number of carbonyl (C=O) groups excluding carboxylic acids is 1. The third-order valence-corrected chi connectivity index (χ3v) is 7.21. The van der Waals surface area contributed by atoms with Crippen molar-refractivity contribution in [3.05, 3.63) is 73.1 Å². The minimum absolute atomic E-state index is 0.241. The van der Waals surface area contributed by atoms with E-state index in [4.69, 9.17) is 23.4 Å². The van der Waals surface area contributed by atoms with Gasteiger partial charge in [-0.2, -0.15) is 0 Å². The van der Waals surface area contributed by atoms with E-state index in [1.54, 1.807) is 18.2 Å². The molecule has 0 N–H and O–H groups in total. The topological polar surface area (TPSA) is 105 Å². The molecule has 3 aromatic rings. The Balaban J connectivity index is 1.58. The standard InChI is InChI=1S/C27H29N3O7S/c1-4-35-20-8-6-17(14-21(20)36-5-2)24-19(26(32)33-3)16-28-27-30(24)25(31)22(38-27)15-18-7-9-23(37-18)29-10-12-34-13-11-29/h6-9,14-16,24H,4-5,10-13H2,1-3H3/b22-15-/t24-/m1/s1. The lowest BCUT2D eigenvalue weighted by molar-refractivity contribution is -0.136. The molecule has 0 unspecified atom stereocenters. The second-order valence-electron chi connectivity index (χ2n) is 8.52. The van der Waals surface area contributed by atoms with Crippen LogP contribution in [0.4, 0.5) is 5.88 Å². The predicted molar refractivity (Wildman–Crippen MR) is 142 cm³/mol. The molecule has 0 bridgehead atoms. The first-order chi connectivity index (χ1) is 18.5. The molecule has 0 spiro atoms. The SMILES string of the molecule is CCOc1ccc([C@@H]2C(C(=O)OC)=CN=c3s/c(=C\c4ccc(N5CCOCC5)o4)c(=O)n32)cc1OCC. The van der Waals surface area contributed by atoms with E-state index in [0.29, 0.717) is 58.6 Å². The summed E-state index contributed by atoms with van der Waals surface area (Å²) in [6.45, 7) is 7.47. The Hall–Kier alpha value is -3.83. The molecular weight excluding hydrogens is 510 g/mol. The molecule has 38 heavy (non-hydrogen) atoms. The number of esters is 1. The lowest BCUT2D eigenvalue weighted by Crippen LogP contribution is -2.39. The number of aromatic nitrogens is 1. The summed E-state index contributed by atoms with van der Waals surface area (Å²) in [5.74, 6) is 1.83. The van der Waals surface area contributed by atoms with Gasteiger partial charge in [0.15, 0.2) is 22.2 Å². The highest BCUT2D eigenvalue weighted by atomic mass is 32.1. The van der Waals surface area contributed by atoms with Crippen molar-refractivity contribution in [2.75, 3.05) is 51.5 Å². The van der Waals surface area contributed by atoms with Gasteiger partial charge in [0.2, 0.25) is 0 Å². The summed E-state index contributed by atoms with van der Waals surface area (Å²) in [5.41, 5.74) is 0.624. The Morgan fingerprint density at radius 2 is 1.89 bits per heavy atom. The molecular formula is C27H29N3O7S. The summed E-state index contributed by atoms with van der Waals surface area (Å²) in [4.78, 5) is 33.5. The van der Waals surface area contributed by atoms with E-state index >= 15 is 0 Å². The summed E-state index contributed by atoms with van der Waals surface area (Å²) in [7, 11) is 1.30. The van der Waals surface area contributed by atoms with Crippen molar-refractivity contribution >= 4 is 29.3 Å². The van der Waals surface area contributed by atoms with Crippen LogP contribution in [-0.2, 0) is 14.3 Å². The summed E-state index contributed by atoms with van der Waals surface area (Å²) < 4.78 is 29.9. The zero-order valence-corrected chi connectivity index (χ0v) is 22.3. The number of furan rings is 1. The second kappa shape index (κ2) is 11.3. The number of nitrogens with zero attached hydrogens (tertiary/aromatic N) is 3. The summed E-state index contributed by atoms with van der Waals surface area (Å²) in [6, 6.07) is 8.36. The third-order valence-electron chi connectivity index (χ3n) is 6.22. The van der Waals surface area contributed by atoms with E-state index in [0.717, 1.165) is 19.0 Å². The number of carbonyl (C=O) groups is 1. The zero-order valence-electron chi connectivity index (χ0n) is 21.5. The van der Waals surface area contributed by atoms with Crippen LogP contribution in [0.25, 0.3) is 6.08 Å². The molecule has 0 aliphatic carbocycles. The fourth-order valence-electron chi connectivity index (χ4n) is 4.49. The number of rotatable bonds is 8. The Labute approximate surface area is 223 Å². The molecule has 200 valence electrons. The fraction of sp³-hybridized carbons (Fsp3) is 0.370. The van der Waals surface area contributed by atoms with Crippen molar-refractivity contribution in [2.45, 2.75) is 19.9 Å². The molecule has 0 radical (unpaired) electrons. The van der Waals surface area contributed by atoms with Crippen molar-refractivity contribution in [3.8, 4) is 11.5 Å². The minimum Gasteiger partial charge on any atom is -0.490 e. The van der Waals surface area contributed by atoms with E-state index in [2.05, 4.69) is 9.89 Å². The number of benzene rings is 1. The van der Waals surface area contributed by atoms with Gasteiger partial charge in [0.25, 0.3) is 5.56 Å². The molecule has 1 aromatic carbocycles. The number of morpholine rings is 1. The number of hydrogen-bond acceptors (Lipinski definition) is 10. The van der Waals surface area contributed by atoms with Gasteiger partial charge in [-0.05, 0) is 37.6 Å². The molecule has 11 heteroatoms. The molecule has 0 saturated carbocycles. The smallest absolute Gasteiger partial charge is 0.337 e. The molecule has 0 amide bonds. The zero-order chi connectivity index (χ0) is 26.6. The van der Waals surface area contributed by atoms with Crippen LogP contribution in [0.3, 0.4) is 0 Å². The number of methoxy groups -OCH3 is 1. The van der Waals surface area contributed by atoms with Crippen molar-refractivity contribution in [1.29, 1.82) is 0 Å². The van der Waals surface area contributed by atoms with E-state index in [-0.39, 0.29) is 11.1 Å². The fourth-order valence-corrected chi connectivity index (χ4v) is 5.44. The van der Waals surface area contributed by atoms with Crippen LogP contribution in [0, 0.1) is 0 Å². The minimum atomic E-state index is -0.753. The first-order valence-corrected chi connectivity index (χ1v) is 13.3. The maximum atomic E-state index is 13.7. The average Bonchev–Trinajstić information content (AvgIpc) is 3.54. The monoisotopic (exact) mass is 539 g/mol. The third kappa shape index (κ3) is 4.99. The van der Waals surface area contributed by atoms with Crippen LogP contribution >= 0.6 is 11.3 Å². The number of fused-ring (bicyclic) bond motifs is 1. The van der Waals surface area contributed by atoms with Gasteiger partial charge in [0.1, 0.15) is 5.76 Å². The largest absolute Gasteiger partial charge is 0.490 e. The van der Waals surface area contributed by atoms with Gasteiger partial charge < -0.3 is 28.3 Å². The van der Waals surface area contributed by atoms with Gasteiger partial charge in [0.05, 0.1) is 49.7 Å². The van der Waals surface area contributed by atoms with Gasteiger partial charge in [-0.25, -0.2) is 9.79 Å². The van der Waals surface area contributed by atoms with Gasteiger partial charge in [-0.1, -0.05) is 17.4 Å². The molecule has 1 saturated heterocycles. The Morgan fingerprint density at radius 1 is 1.13 bits per heavy atom. The van der Waals surface area contributed by atoms with Crippen molar-refractivity contribution in [3.63, 3.8) is 0 Å². The van der Waals surface area contributed by atoms with Gasteiger partial charge >= 0.3 is 5.97 Å². The van der Waals surface area contributed by atoms with Gasteiger partial charge in [-0.3, -0.25) is 9.36 Å². The summed E-state index contributed by atoms with van der Waals surface area (Å²) in [6.07, 6.45) is 3.17. The van der Waals surface area contributed by atoms with E-state index in [1.165, 1.54) is 29.2 Å². The molecule has 2 aromatic heterocycles. The lowest BCUT2D eigenvalue weighted by Gasteiger charge is -2.26. The molecule has 2 aliphatic rings. The van der Waals surface area contributed by atoms with Crippen LogP contribution in [-0.4, -0.2) is 57.2 Å². The molecule has 10 nitrogen and oxygen atoms in total. The first-order valence-electron chi connectivity index (χ1n) is 12.4. The van der Waals surface area contributed by atoms with Crippen molar-refractivity contribution < 1.29 is 28.2 Å². The molecule has 4 heterocycles. The molecule has 1 atom stereocenters. The maximum Gasteiger partial charge on any atom is 0.337 e. The Bertz CT molecular complexity index is 1530. The Kier molecular flexibility index (Phi) is 7.66. The van der Waals surface area contributed by atoms with Crippen LogP contribution in [0.15, 0.2) is 56.3 Å². The molecule has 2 aliphatic heterocycles. The van der Waals surface area contributed by atoms with Crippen LogP contribution in [0.1, 0.15) is 31.2 Å². The number of thiazole rings is 1. The first kappa shape index (κ1) is 25.8. The average molecular weight is 540 g/mol. The quantitative estimate of drug-likeness (QED) is 0.402. The summed E-state index contributed by atoms with van der Waals surface area (Å²) in [5, 5.41) is 0. The normalized spacial score (nSPS) is 17.4. The van der Waals surface area contributed by atoms with E-state index in [9.17, 15) is 9.59 Å². The summed E-state index contributed by atoms with van der Waals surface area (Å²) >= 11 is 1.23. The Morgan fingerprint density at radius 3 is 2.63 bits per heavy atom. The van der Waals surface area contributed by atoms with E-state index < -0.39 is 12.0 Å². The molecule has 5 rings (SSSR count). The maximum absolute atomic E-state index is 13.7. The van der Waals surface area contributed by atoms with Crippen molar-refractivity contribution in [2.24, 2.45) is 4.99 Å². The number of ether oxygens (including phenoxy) is 4. The number of anilines is 1. The highest BCUT2D eigenvalue weighted by Gasteiger charge is 2.31. The van der Waals surface area contributed by atoms with Crippen LogP contribution in [0.2, 0.25) is 0 Å². The van der Waals surface area contributed by atoms with Gasteiger partial charge in [-0.15, -0.1) is 0 Å². The lowest BCUT2D eigenvalue weighted by atomic mass is 9.97. The van der Waals surface area contributed by atoms with Gasteiger partial charge in [0, 0.05) is 31.4 Å².